The predicted molar refractivity (Wildman–Crippen MR) is 73.2 cm³/mol. The zero-order chi connectivity index (χ0) is 15.0. The van der Waals surface area contributed by atoms with Crippen LogP contribution in [0.1, 0.15) is 22.8 Å². The third-order valence-electron chi connectivity index (χ3n) is 3.30. The molecule has 104 valence electrons. The summed E-state index contributed by atoms with van der Waals surface area (Å²) in [6.07, 6.45) is 3.18. The Kier molecular flexibility index (Phi) is 2.95. The molecule has 0 aromatic carbocycles. The topological polar surface area (TPSA) is 102 Å². The molecule has 1 aliphatic heterocycles. The molecule has 0 spiro atoms. The van der Waals surface area contributed by atoms with Crippen molar-refractivity contribution >= 4 is 0 Å². The van der Waals surface area contributed by atoms with Gasteiger partial charge in [0.05, 0.1) is 11.5 Å². The maximum atomic E-state index is 12.2. The second-order valence-electron chi connectivity index (χ2n) is 4.63. The quantitative estimate of drug-likeness (QED) is 0.851. The molecule has 2 aromatic heterocycles. The van der Waals surface area contributed by atoms with Crippen molar-refractivity contribution in [1.29, 1.82) is 5.26 Å². The van der Waals surface area contributed by atoms with Crippen LogP contribution in [-0.2, 0) is 0 Å². The molecule has 6 nitrogen and oxygen atoms in total. The highest BCUT2D eigenvalue weighted by Gasteiger charge is 2.34. The summed E-state index contributed by atoms with van der Waals surface area (Å²) in [5.41, 5.74) is 6.47. The van der Waals surface area contributed by atoms with Crippen LogP contribution in [-0.4, -0.2) is 4.98 Å². The van der Waals surface area contributed by atoms with Crippen LogP contribution in [0.15, 0.2) is 51.3 Å². The predicted octanol–water partition coefficient (Wildman–Crippen LogP) is 1.56. The van der Waals surface area contributed by atoms with Crippen LogP contribution in [0.3, 0.4) is 0 Å². The Balaban J connectivity index is 2.32. The monoisotopic (exact) mass is 281 g/mol. The highest BCUT2D eigenvalue weighted by atomic mass is 16.5. The van der Waals surface area contributed by atoms with E-state index in [1.165, 1.54) is 0 Å². The fourth-order valence-electron chi connectivity index (χ4n) is 2.41. The summed E-state index contributed by atoms with van der Waals surface area (Å²) in [6, 6.07) is 7.05. The number of ether oxygens (including phenoxy) is 1. The minimum atomic E-state index is -0.612. The minimum absolute atomic E-state index is 0.00295. The van der Waals surface area contributed by atoms with Gasteiger partial charge in [0.15, 0.2) is 0 Å². The Bertz CT molecular complexity index is 831. The summed E-state index contributed by atoms with van der Waals surface area (Å²) in [5, 5.41) is 9.35. The molecule has 2 N–H and O–H groups in total. The van der Waals surface area contributed by atoms with Gasteiger partial charge >= 0.3 is 5.63 Å². The lowest BCUT2D eigenvalue weighted by Crippen LogP contribution is -2.26. The van der Waals surface area contributed by atoms with Gasteiger partial charge in [0.1, 0.15) is 23.2 Å². The van der Waals surface area contributed by atoms with Crippen molar-refractivity contribution in [3.8, 4) is 11.8 Å². The van der Waals surface area contributed by atoms with Crippen LogP contribution < -0.4 is 16.1 Å². The van der Waals surface area contributed by atoms with Gasteiger partial charge in [-0.2, -0.15) is 5.26 Å². The summed E-state index contributed by atoms with van der Waals surface area (Å²) in [4.78, 5) is 16.1. The van der Waals surface area contributed by atoms with Crippen LogP contribution >= 0.6 is 0 Å². The van der Waals surface area contributed by atoms with Crippen molar-refractivity contribution in [3.63, 3.8) is 0 Å². The number of hydrogen-bond donors (Lipinski definition) is 1. The molecule has 1 aliphatic rings. The van der Waals surface area contributed by atoms with Gasteiger partial charge in [0, 0.05) is 18.5 Å². The Morgan fingerprint density at radius 3 is 2.76 bits per heavy atom. The molecular formula is C15H11N3O3. The smallest absolute Gasteiger partial charge is 0.343 e. The molecule has 21 heavy (non-hydrogen) atoms. The van der Waals surface area contributed by atoms with Gasteiger partial charge in [-0.15, -0.1) is 0 Å². The van der Waals surface area contributed by atoms with Gasteiger partial charge in [0.2, 0.25) is 5.88 Å². The number of fused-ring (bicyclic) bond motifs is 1. The third-order valence-corrected chi connectivity index (χ3v) is 3.30. The number of hydrogen-bond acceptors (Lipinski definition) is 6. The molecule has 6 heteroatoms. The summed E-state index contributed by atoms with van der Waals surface area (Å²) in [7, 11) is 0. The molecule has 0 amide bonds. The minimum Gasteiger partial charge on any atom is -0.440 e. The first-order valence-electron chi connectivity index (χ1n) is 6.24. The molecule has 2 aromatic rings. The summed E-state index contributed by atoms with van der Waals surface area (Å²) in [5.74, 6) is 0.123. The van der Waals surface area contributed by atoms with E-state index in [0.29, 0.717) is 11.5 Å². The number of nitrogens with two attached hydrogens (primary N) is 1. The van der Waals surface area contributed by atoms with Gasteiger partial charge < -0.3 is 14.9 Å². The molecule has 0 bridgehead atoms. The number of pyridine rings is 1. The van der Waals surface area contributed by atoms with Crippen molar-refractivity contribution in [2.24, 2.45) is 5.73 Å². The molecule has 3 rings (SSSR count). The van der Waals surface area contributed by atoms with Gasteiger partial charge in [0.25, 0.3) is 0 Å². The lowest BCUT2D eigenvalue weighted by Gasteiger charge is -2.24. The molecular weight excluding hydrogens is 270 g/mol. The summed E-state index contributed by atoms with van der Waals surface area (Å²) in [6.45, 7) is 1.65. The lowest BCUT2D eigenvalue weighted by molar-refractivity contribution is 0.371. The second kappa shape index (κ2) is 4.80. The number of allylic oxidation sites excluding steroid dienone is 1. The third kappa shape index (κ3) is 2.05. The van der Waals surface area contributed by atoms with Gasteiger partial charge in [-0.3, -0.25) is 4.98 Å². The van der Waals surface area contributed by atoms with E-state index in [9.17, 15) is 10.1 Å². The summed E-state index contributed by atoms with van der Waals surface area (Å²) < 4.78 is 10.5. The van der Waals surface area contributed by atoms with Crippen LogP contribution in [0.2, 0.25) is 0 Å². The molecule has 0 aliphatic carbocycles. The van der Waals surface area contributed by atoms with E-state index < -0.39 is 11.5 Å². The van der Waals surface area contributed by atoms with E-state index in [-0.39, 0.29) is 17.0 Å². The van der Waals surface area contributed by atoms with Crippen LogP contribution in [0, 0.1) is 18.3 Å². The Hall–Kier alpha value is -3.07. The first kappa shape index (κ1) is 12.9. The van der Waals surface area contributed by atoms with Gasteiger partial charge in [-0.1, -0.05) is 0 Å². The zero-order valence-corrected chi connectivity index (χ0v) is 11.2. The maximum absolute atomic E-state index is 12.2. The van der Waals surface area contributed by atoms with E-state index in [2.05, 4.69) is 4.98 Å². The molecule has 0 saturated heterocycles. The normalized spacial score (nSPS) is 16.9. The van der Waals surface area contributed by atoms with E-state index in [4.69, 9.17) is 14.9 Å². The first-order chi connectivity index (χ1) is 10.1. The molecule has 0 radical (unpaired) electrons. The molecule has 0 fully saturated rings. The summed E-state index contributed by atoms with van der Waals surface area (Å²) >= 11 is 0. The van der Waals surface area contributed by atoms with E-state index in [1.54, 1.807) is 37.5 Å². The number of aromatic nitrogens is 1. The molecule has 1 atom stereocenters. The fraction of sp³-hybridized carbons (Fsp3) is 0.133. The first-order valence-corrected chi connectivity index (χ1v) is 6.24. The van der Waals surface area contributed by atoms with Crippen LogP contribution in [0.4, 0.5) is 0 Å². The maximum Gasteiger partial charge on any atom is 0.343 e. The Morgan fingerprint density at radius 2 is 2.10 bits per heavy atom. The largest absolute Gasteiger partial charge is 0.440 e. The van der Waals surface area contributed by atoms with Crippen molar-refractivity contribution < 1.29 is 9.15 Å². The fourth-order valence-corrected chi connectivity index (χ4v) is 2.41. The highest BCUT2D eigenvalue weighted by molar-refractivity contribution is 5.54. The molecule has 0 saturated carbocycles. The molecule has 0 unspecified atom stereocenters. The van der Waals surface area contributed by atoms with Crippen molar-refractivity contribution in [2.75, 3.05) is 0 Å². The second-order valence-corrected chi connectivity index (χ2v) is 4.63. The van der Waals surface area contributed by atoms with Crippen LogP contribution in [0.25, 0.3) is 0 Å². The van der Waals surface area contributed by atoms with E-state index in [0.717, 1.165) is 5.56 Å². The van der Waals surface area contributed by atoms with E-state index in [1.807, 2.05) is 6.07 Å². The molecule has 3 heterocycles. The Labute approximate surface area is 120 Å². The number of rotatable bonds is 1. The van der Waals surface area contributed by atoms with Gasteiger partial charge in [-0.25, -0.2) is 4.79 Å². The number of aryl methyl sites for hydroxylation is 1. The highest BCUT2D eigenvalue weighted by Crippen LogP contribution is 2.40. The lowest BCUT2D eigenvalue weighted by atomic mass is 9.85. The number of nitriles is 1. The zero-order valence-electron chi connectivity index (χ0n) is 11.2. The standard InChI is InChI=1S/C15H11N3O3/c1-8-6-11-13(15(19)20-8)12(9-2-4-18-5-3-9)10(7-16)14(17)21-11/h2-6,12H,17H2,1H3/t12-/m1/s1. The van der Waals surface area contributed by atoms with Crippen molar-refractivity contribution in [1.82, 2.24) is 4.98 Å². The van der Waals surface area contributed by atoms with Crippen LogP contribution in [0.5, 0.6) is 5.75 Å². The average Bonchev–Trinajstić information content (AvgIpc) is 2.46. The average molecular weight is 281 g/mol. The van der Waals surface area contributed by atoms with Crippen molar-refractivity contribution in [3.05, 3.63) is 69.4 Å². The SMILES string of the molecule is Cc1cc2c(c(=O)o1)[C@H](c1ccncc1)C(C#N)=C(N)O2. The van der Waals surface area contributed by atoms with E-state index >= 15 is 0 Å². The van der Waals surface area contributed by atoms with Crippen molar-refractivity contribution in [2.45, 2.75) is 12.8 Å². The Morgan fingerprint density at radius 1 is 1.38 bits per heavy atom. The van der Waals surface area contributed by atoms with Gasteiger partial charge in [-0.05, 0) is 24.6 Å². The number of nitrogens with zero attached hydrogens (tertiary/aromatic N) is 2.